The third-order valence-electron chi connectivity index (χ3n) is 4.25. The van der Waals surface area contributed by atoms with Crippen LogP contribution in [0.3, 0.4) is 0 Å². The number of para-hydroxylation sites is 1. The first-order valence-electron chi connectivity index (χ1n) is 9.00. The molecule has 3 aromatic rings. The van der Waals surface area contributed by atoms with Gasteiger partial charge in [0.2, 0.25) is 0 Å². The van der Waals surface area contributed by atoms with Gasteiger partial charge in [-0.15, -0.1) is 0 Å². The van der Waals surface area contributed by atoms with Crippen molar-refractivity contribution in [1.82, 2.24) is 0 Å². The van der Waals surface area contributed by atoms with Crippen molar-refractivity contribution in [3.05, 3.63) is 87.4 Å². The summed E-state index contributed by atoms with van der Waals surface area (Å²) < 4.78 is 5.71. The van der Waals surface area contributed by atoms with Crippen LogP contribution >= 0.6 is 23.2 Å². The summed E-state index contributed by atoms with van der Waals surface area (Å²) in [5.74, 6) is 0.287. The fourth-order valence-electron chi connectivity index (χ4n) is 2.59. The fourth-order valence-corrected chi connectivity index (χ4v) is 2.94. The van der Waals surface area contributed by atoms with E-state index in [4.69, 9.17) is 27.9 Å². The largest absolute Gasteiger partial charge is 0.483 e. The highest BCUT2D eigenvalue weighted by molar-refractivity contribution is 6.31. The number of hydrogen-bond donors (Lipinski definition) is 1. The van der Waals surface area contributed by atoms with Crippen LogP contribution < -0.4 is 10.1 Å². The molecule has 0 aromatic heterocycles. The molecule has 0 saturated carbocycles. The van der Waals surface area contributed by atoms with E-state index >= 15 is 0 Å². The van der Waals surface area contributed by atoms with E-state index in [9.17, 15) is 4.79 Å². The van der Waals surface area contributed by atoms with Crippen LogP contribution in [-0.4, -0.2) is 18.7 Å². The minimum atomic E-state index is -0.276. The van der Waals surface area contributed by atoms with Gasteiger partial charge in [0.25, 0.3) is 5.91 Å². The van der Waals surface area contributed by atoms with Crippen molar-refractivity contribution in [2.45, 2.75) is 13.8 Å². The standard InChI is InChI=1S/C23H20Cl2N2O2/c1-15-8-10-19(12-20(15)25)27-23(28)14-29-22-6-4-3-5-17(22)13-26-21-11-18(24)9-7-16(21)2/h3-13H,14H2,1-2H3,(H,27,28). The van der Waals surface area contributed by atoms with Crippen molar-refractivity contribution in [2.24, 2.45) is 4.99 Å². The summed E-state index contributed by atoms with van der Waals surface area (Å²) in [6.07, 6.45) is 1.70. The first-order chi connectivity index (χ1) is 13.9. The van der Waals surface area contributed by atoms with Gasteiger partial charge in [-0.2, -0.15) is 0 Å². The first kappa shape index (κ1) is 20.9. The van der Waals surface area contributed by atoms with Gasteiger partial charge in [0.05, 0.1) is 5.69 Å². The van der Waals surface area contributed by atoms with Gasteiger partial charge in [0.1, 0.15) is 5.75 Å². The Bertz CT molecular complexity index is 1060. The van der Waals surface area contributed by atoms with Crippen molar-refractivity contribution >= 4 is 46.7 Å². The van der Waals surface area contributed by atoms with Crippen molar-refractivity contribution in [3.63, 3.8) is 0 Å². The lowest BCUT2D eigenvalue weighted by molar-refractivity contribution is -0.118. The van der Waals surface area contributed by atoms with Crippen LogP contribution in [0.15, 0.2) is 65.7 Å². The zero-order chi connectivity index (χ0) is 20.8. The number of aryl methyl sites for hydroxylation is 2. The summed E-state index contributed by atoms with van der Waals surface area (Å²) in [6, 6.07) is 18.3. The van der Waals surface area contributed by atoms with Gasteiger partial charge in [0.15, 0.2) is 6.61 Å². The van der Waals surface area contributed by atoms with Crippen LogP contribution in [0, 0.1) is 13.8 Å². The Hall–Kier alpha value is -2.82. The lowest BCUT2D eigenvalue weighted by atomic mass is 10.2. The maximum atomic E-state index is 12.2. The van der Waals surface area contributed by atoms with E-state index in [1.807, 2.05) is 50.2 Å². The molecule has 0 heterocycles. The normalized spacial score (nSPS) is 10.9. The zero-order valence-electron chi connectivity index (χ0n) is 16.1. The second-order valence-corrected chi connectivity index (χ2v) is 7.37. The number of amides is 1. The number of aliphatic imine (C=N–C) groups is 1. The minimum Gasteiger partial charge on any atom is -0.483 e. The second kappa shape index (κ2) is 9.59. The molecule has 0 radical (unpaired) electrons. The molecule has 1 N–H and O–H groups in total. The molecule has 148 valence electrons. The second-order valence-electron chi connectivity index (χ2n) is 6.53. The van der Waals surface area contributed by atoms with Gasteiger partial charge in [-0.25, -0.2) is 0 Å². The van der Waals surface area contributed by atoms with E-state index in [0.717, 1.165) is 22.4 Å². The maximum absolute atomic E-state index is 12.2. The van der Waals surface area contributed by atoms with Gasteiger partial charge in [-0.05, 0) is 61.4 Å². The third-order valence-corrected chi connectivity index (χ3v) is 4.89. The van der Waals surface area contributed by atoms with E-state index in [2.05, 4.69) is 10.3 Å². The number of halogens is 2. The van der Waals surface area contributed by atoms with E-state index in [0.29, 0.717) is 21.5 Å². The molecule has 0 saturated heterocycles. The summed E-state index contributed by atoms with van der Waals surface area (Å²) in [7, 11) is 0. The molecule has 0 unspecified atom stereocenters. The Morgan fingerprint density at radius 3 is 2.59 bits per heavy atom. The predicted molar refractivity (Wildman–Crippen MR) is 120 cm³/mol. The highest BCUT2D eigenvalue weighted by atomic mass is 35.5. The summed E-state index contributed by atoms with van der Waals surface area (Å²) >= 11 is 12.1. The number of hydrogen-bond acceptors (Lipinski definition) is 3. The lowest BCUT2D eigenvalue weighted by Gasteiger charge is -2.10. The van der Waals surface area contributed by atoms with Crippen LogP contribution in [0.5, 0.6) is 5.75 Å². The number of carbonyl (C=O) groups is 1. The quantitative estimate of drug-likeness (QED) is 0.464. The van der Waals surface area contributed by atoms with E-state index in [1.165, 1.54) is 0 Å². The van der Waals surface area contributed by atoms with Gasteiger partial charge in [-0.1, -0.05) is 47.5 Å². The summed E-state index contributed by atoms with van der Waals surface area (Å²) in [4.78, 5) is 16.7. The zero-order valence-corrected chi connectivity index (χ0v) is 17.6. The van der Waals surface area contributed by atoms with Crippen LogP contribution in [0.2, 0.25) is 10.0 Å². The Morgan fingerprint density at radius 1 is 1.03 bits per heavy atom. The molecule has 0 spiro atoms. The van der Waals surface area contributed by atoms with Crippen molar-refractivity contribution in [3.8, 4) is 5.75 Å². The van der Waals surface area contributed by atoms with Gasteiger partial charge in [-0.3, -0.25) is 9.79 Å². The number of rotatable bonds is 6. The molecule has 29 heavy (non-hydrogen) atoms. The Labute approximate surface area is 180 Å². The van der Waals surface area contributed by atoms with Crippen LogP contribution in [0.1, 0.15) is 16.7 Å². The Morgan fingerprint density at radius 2 is 1.79 bits per heavy atom. The molecule has 3 aromatic carbocycles. The number of benzene rings is 3. The lowest BCUT2D eigenvalue weighted by Crippen LogP contribution is -2.20. The smallest absolute Gasteiger partial charge is 0.262 e. The molecule has 0 bridgehead atoms. The molecule has 3 rings (SSSR count). The topological polar surface area (TPSA) is 50.7 Å². The summed E-state index contributed by atoms with van der Waals surface area (Å²) in [5.41, 5.74) is 4.13. The summed E-state index contributed by atoms with van der Waals surface area (Å²) in [6.45, 7) is 3.74. The molecule has 0 fully saturated rings. The van der Waals surface area contributed by atoms with Crippen molar-refractivity contribution in [1.29, 1.82) is 0 Å². The fraction of sp³-hybridized carbons (Fsp3) is 0.130. The van der Waals surface area contributed by atoms with Crippen LogP contribution in [0.4, 0.5) is 11.4 Å². The van der Waals surface area contributed by atoms with Crippen LogP contribution in [0.25, 0.3) is 0 Å². The molecule has 1 amide bonds. The van der Waals surface area contributed by atoms with E-state index in [1.54, 1.807) is 30.5 Å². The van der Waals surface area contributed by atoms with Crippen LogP contribution in [-0.2, 0) is 4.79 Å². The molecule has 0 aliphatic heterocycles. The Kier molecular flexibility index (Phi) is 6.91. The molecular weight excluding hydrogens is 407 g/mol. The summed E-state index contributed by atoms with van der Waals surface area (Å²) in [5, 5.41) is 4.00. The molecule has 4 nitrogen and oxygen atoms in total. The minimum absolute atomic E-state index is 0.132. The average Bonchev–Trinajstić information content (AvgIpc) is 2.70. The van der Waals surface area contributed by atoms with Gasteiger partial charge in [0, 0.05) is 27.5 Å². The van der Waals surface area contributed by atoms with E-state index < -0.39 is 0 Å². The first-order valence-corrected chi connectivity index (χ1v) is 9.76. The van der Waals surface area contributed by atoms with Crippen molar-refractivity contribution < 1.29 is 9.53 Å². The SMILES string of the molecule is Cc1ccc(NC(=O)COc2ccccc2C=Nc2cc(Cl)ccc2C)cc1Cl. The molecule has 0 aliphatic carbocycles. The highest BCUT2D eigenvalue weighted by Crippen LogP contribution is 2.24. The maximum Gasteiger partial charge on any atom is 0.262 e. The average molecular weight is 427 g/mol. The number of carbonyl (C=O) groups excluding carboxylic acids is 1. The molecular formula is C23H20Cl2N2O2. The van der Waals surface area contributed by atoms with E-state index in [-0.39, 0.29) is 12.5 Å². The number of nitrogens with zero attached hydrogens (tertiary/aromatic N) is 1. The molecule has 0 aliphatic rings. The number of ether oxygens (including phenoxy) is 1. The Balaban J connectivity index is 1.67. The number of anilines is 1. The van der Waals surface area contributed by atoms with Gasteiger partial charge >= 0.3 is 0 Å². The monoisotopic (exact) mass is 426 g/mol. The predicted octanol–water partition coefficient (Wildman–Crippen LogP) is 6.38. The molecule has 6 heteroatoms. The molecule has 0 atom stereocenters. The number of nitrogens with one attached hydrogen (secondary N) is 1. The van der Waals surface area contributed by atoms with Gasteiger partial charge < -0.3 is 10.1 Å². The highest BCUT2D eigenvalue weighted by Gasteiger charge is 2.07. The van der Waals surface area contributed by atoms with Crippen molar-refractivity contribution in [2.75, 3.05) is 11.9 Å². The third kappa shape index (κ3) is 5.83.